The van der Waals surface area contributed by atoms with Crippen LogP contribution in [0.15, 0.2) is 0 Å². The zero-order valence-electron chi connectivity index (χ0n) is 29.8. The molecule has 0 aromatic heterocycles. The van der Waals surface area contributed by atoms with E-state index in [0.717, 1.165) is 32.1 Å². The first-order valence-corrected chi connectivity index (χ1v) is 20.5. The summed E-state index contributed by atoms with van der Waals surface area (Å²) in [6.07, 6.45) is 29.9. The molecule has 0 heterocycles. The van der Waals surface area contributed by atoms with E-state index in [1.165, 1.54) is 122 Å². The summed E-state index contributed by atoms with van der Waals surface area (Å²) in [5.74, 6) is -0.820. The Morgan fingerprint density at radius 2 is 0.935 bits per heavy atom. The summed E-state index contributed by atoms with van der Waals surface area (Å²) in [6.45, 7) is 3.73. The van der Waals surface area contributed by atoms with Crippen molar-refractivity contribution in [2.24, 2.45) is 5.73 Å². The summed E-state index contributed by atoms with van der Waals surface area (Å²) < 4.78 is 32.6. The molecule has 0 bridgehead atoms. The summed E-state index contributed by atoms with van der Waals surface area (Å²) in [4.78, 5) is 34.6. The predicted octanol–water partition coefficient (Wildman–Crippen LogP) is 10.1. The van der Waals surface area contributed by atoms with Crippen LogP contribution in [0, 0.1) is 0 Å². The maximum Gasteiger partial charge on any atom is 0.472 e. The molecular weight excluding hydrogens is 605 g/mol. The number of carbonyl (C=O) groups is 2. The first-order valence-electron chi connectivity index (χ1n) is 19.0. The molecule has 10 heteroatoms. The van der Waals surface area contributed by atoms with Gasteiger partial charge in [0.15, 0.2) is 6.10 Å². The molecule has 1 unspecified atom stereocenters. The van der Waals surface area contributed by atoms with Crippen molar-refractivity contribution in [1.29, 1.82) is 0 Å². The number of unbranched alkanes of at least 4 members (excludes halogenated alkanes) is 23. The monoisotopic (exact) mass is 677 g/mol. The van der Waals surface area contributed by atoms with Crippen molar-refractivity contribution < 1.29 is 37.6 Å². The number of hydrogen-bond acceptors (Lipinski definition) is 8. The van der Waals surface area contributed by atoms with Crippen molar-refractivity contribution in [3.05, 3.63) is 0 Å². The molecule has 0 fully saturated rings. The standard InChI is InChI=1S/C36H72NO8P/c1-3-5-7-9-11-13-15-16-17-18-19-21-22-24-26-28-35(38)42-32-34(33-44-46(40,41)43-31-30-37)45-36(39)29-27-25-23-20-14-12-10-8-6-4-2/h34H,3-33,37H2,1-2H3,(H,40,41)/t34-/m1/s1. The third-order valence-electron chi connectivity index (χ3n) is 8.24. The first kappa shape index (κ1) is 45.0. The van der Waals surface area contributed by atoms with E-state index in [9.17, 15) is 19.0 Å². The van der Waals surface area contributed by atoms with Gasteiger partial charge in [-0.25, -0.2) is 4.57 Å². The van der Waals surface area contributed by atoms with Crippen LogP contribution in [0.2, 0.25) is 0 Å². The van der Waals surface area contributed by atoms with Crippen LogP contribution >= 0.6 is 7.82 Å². The van der Waals surface area contributed by atoms with Gasteiger partial charge in [-0.05, 0) is 12.8 Å². The Labute approximate surface area is 282 Å². The van der Waals surface area contributed by atoms with Crippen LogP contribution in [0.4, 0.5) is 0 Å². The highest BCUT2D eigenvalue weighted by Crippen LogP contribution is 2.43. The molecule has 9 nitrogen and oxygen atoms in total. The molecule has 2 atom stereocenters. The number of esters is 2. The van der Waals surface area contributed by atoms with Crippen molar-refractivity contribution in [2.75, 3.05) is 26.4 Å². The average Bonchev–Trinajstić information content (AvgIpc) is 3.04. The van der Waals surface area contributed by atoms with Crippen LogP contribution in [-0.4, -0.2) is 49.3 Å². The van der Waals surface area contributed by atoms with Crippen LogP contribution < -0.4 is 5.73 Å². The number of rotatable bonds is 36. The SMILES string of the molecule is CCCCCCCCCCCCCCCCCC(=O)OC[C@H](COP(=O)(O)OCCN)OC(=O)CCCCCCCCCCCC. The van der Waals surface area contributed by atoms with Gasteiger partial charge in [-0.3, -0.25) is 18.6 Å². The van der Waals surface area contributed by atoms with E-state index in [4.69, 9.17) is 24.3 Å². The van der Waals surface area contributed by atoms with Gasteiger partial charge in [0.1, 0.15) is 6.61 Å². The third kappa shape index (κ3) is 32.9. The Morgan fingerprint density at radius 1 is 0.565 bits per heavy atom. The van der Waals surface area contributed by atoms with Crippen molar-refractivity contribution in [2.45, 2.75) is 193 Å². The van der Waals surface area contributed by atoms with Crippen molar-refractivity contribution in [3.8, 4) is 0 Å². The summed E-state index contributed by atoms with van der Waals surface area (Å²) in [7, 11) is -4.36. The van der Waals surface area contributed by atoms with E-state index in [2.05, 4.69) is 13.8 Å². The molecule has 0 rings (SSSR count). The zero-order valence-corrected chi connectivity index (χ0v) is 30.7. The largest absolute Gasteiger partial charge is 0.472 e. The van der Waals surface area contributed by atoms with Gasteiger partial charge in [0.05, 0.1) is 13.2 Å². The van der Waals surface area contributed by atoms with Crippen LogP contribution in [0.5, 0.6) is 0 Å². The molecule has 0 saturated heterocycles. The Balaban J connectivity index is 4.15. The average molecular weight is 678 g/mol. The highest BCUT2D eigenvalue weighted by Gasteiger charge is 2.25. The lowest BCUT2D eigenvalue weighted by molar-refractivity contribution is -0.161. The smallest absolute Gasteiger partial charge is 0.462 e. The number of phosphoric acid groups is 1. The molecule has 0 aromatic carbocycles. The van der Waals surface area contributed by atoms with Crippen molar-refractivity contribution in [1.82, 2.24) is 0 Å². The van der Waals surface area contributed by atoms with E-state index in [-0.39, 0.29) is 38.6 Å². The van der Waals surface area contributed by atoms with Gasteiger partial charge in [-0.2, -0.15) is 0 Å². The quantitative estimate of drug-likeness (QED) is 0.0377. The molecule has 46 heavy (non-hydrogen) atoms. The zero-order chi connectivity index (χ0) is 34.0. The minimum atomic E-state index is -4.36. The molecule has 0 aliphatic rings. The lowest BCUT2D eigenvalue weighted by atomic mass is 10.0. The fourth-order valence-corrected chi connectivity index (χ4v) is 6.16. The third-order valence-corrected chi connectivity index (χ3v) is 9.23. The van der Waals surface area contributed by atoms with E-state index in [1.54, 1.807) is 0 Å². The van der Waals surface area contributed by atoms with E-state index in [0.29, 0.717) is 6.42 Å². The second kappa shape index (κ2) is 33.9. The number of carbonyl (C=O) groups excluding carboxylic acids is 2. The van der Waals surface area contributed by atoms with E-state index < -0.39 is 26.5 Å². The molecule has 274 valence electrons. The summed E-state index contributed by atoms with van der Waals surface area (Å²) in [5, 5.41) is 0. The number of ether oxygens (including phenoxy) is 2. The van der Waals surface area contributed by atoms with Crippen LogP contribution in [0.3, 0.4) is 0 Å². The minimum absolute atomic E-state index is 0.0576. The van der Waals surface area contributed by atoms with Gasteiger partial charge in [-0.15, -0.1) is 0 Å². The number of phosphoric ester groups is 1. The highest BCUT2D eigenvalue weighted by molar-refractivity contribution is 7.47. The fourth-order valence-electron chi connectivity index (χ4n) is 5.40. The van der Waals surface area contributed by atoms with Crippen LogP contribution in [-0.2, 0) is 32.7 Å². The topological polar surface area (TPSA) is 134 Å². The summed E-state index contributed by atoms with van der Waals surface area (Å²) in [5.41, 5.74) is 5.32. The normalized spacial score (nSPS) is 13.4. The second-order valence-electron chi connectivity index (χ2n) is 12.8. The minimum Gasteiger partial charge on any atom is -0.462 e. The lowest BCUT2D eigenvalue weighted by Gasteiger charge is -2.19. The van der Waals surface area contributed by atoms with Crippen molar-refractivity contribution >= 4 is 19.8 Å². The number of nitrogens with two attached hydrogens (primary N) is 1. The molecular formula is C36H72NO8P. The van der Waals surface area contributed by atoms with Gasteiger partial charge < -0.3 is 20.1 Å². The molecule has 0 amide bonds. The van der Waals surface area contributed by atoms with E-state index in [1.807, 2.05) is 0 Å². The Morgan fingerprint density at radius 3 is 1.33 bits per heavy atom. The van der Waals surface area contributed by atoms with Gasteiger partial charge in [-0.1, -0.05) is 162 Å². The van der Waals surface area contributed by atoms with Crippen molar-refractivity contribution in [3.63, 3.8) is 0 Å². The molecule has 0 aliphatic heterocycles. The first-order chi connectivity index (χ1) is 22.3. The highest BCUT2D eigenvalue weighted by atomic mass is 31.2. The molecule has 0 aliphatic carbocycles. The predicted molar refractivity (Wildman–Crippen MR) is 188 cm³/mol. The van der Waals surface area contributed by atoms with E-state index >= 15 is 0 Å². The Bertz CT molecular complexity index is 739. The van der Waals surface area contributed by atoms with Gasteiger partial charge >= 0.3 is 19.8 Å². The maximum absolute atomic E-state index is 12.5. The van der Waals surface area contributed by atoms with Crippen LogP contribution in [0.25, 0.3) is 0 Å². The Kier molecular flexibility index (Phi) is 33.2. The molecule has 0 saturated carbocycles. The van der Waals surface area contributed by atoms with Gasteiger partial charge in [0, 0.05) is 19.4 Å². The summed E-state index contributed by atoms with van der Waals surface area (Å²) in [6, 6.07) is 0. The molecule has 0 spiro atoms. The lowest BCUT2D eigenvalue weighted by Crippen LogP contribution is -2.29. The fraction of sp³-hybridized carbons (Fsp3) is 0.944. The summed E-state index contributed by atoms with van der Waals surface area (Å²) >= 11 is 0. The second-order valence-corrected chi connectivity index (χ2v) is 14.3. The molecule has 3 N–H and O–H groups in total. The van der Waals surface area contributed by atoms with Crippen LogP contribution in [0.1, 0.15) is 187 Å². The maximum atomic E-state index is 12.5. The van der Waals surface area contributed by atoms with Gasteiger partial charge in [0.25, 0.3) is 0 Å². The number of hydrogen-bond donors (Lipinski definition) is 2. The van der Waals surface area contributed by atoms with Gasteiger partial charge in [0.2, 0.25) is 0 Å². The molecule has 0 radical (unpaired) electrons. The Hall–Kier alpha value is -0.990. The molecule has 0 aromatic rings.